The minimum Gasteiger partial charge on any atom is -0.497 e. The van der Waals surface area contributed by atoms with E-state index in [1.54, 1.807) is 7.11 Å². The molecule has 0 radical (unpaired) electrons. The number of hydrogen-bond acceptors (Lipinski definition) is 4. The van der Waals surface area contributed by atoms with Gasteiger partial charge in [0.15, 0.2) is 0 Å². The summed E-state index contributed by atoms with van der Waals surface area (Å²) in [6, 6.07) is 7.74. The second kappa shape index (κ2) is 7.66. The first-order valence-corrected chi connectivity index (χ1v) is 9.89. The van der Waals surface area contributed by atoms with Gasteiger partial charge < -0.3 is 19.9 Å². The number of methoxy groups -OCH3 is 1. The summed E-state index contributed by atoms with van der Waals surface area (Å²) in [5.74, 6) is 1.49. The zero-order chi connectivity index (χ0) is 19.7. The average Bonchev–Trinajstić information content (AvgIpc) is 3.01. The predicted molar refractivity (Wildman–Crippen MR) is 106 cm³/mol. The molecule has 2 amide bonds. The molecule has 2 bridgehead atoms. The van der Waals surface area contributed by atoms with Crippen molar-refractivity contribution in [3.05, 3.63) is 57.3 Å². The molecule has 7 heteroatoms. The first-order valence-electron chi connectivity index (χ1n) is 9.89. The number of amides is 2. The molecule has 2 aliphatic rings. The number of aryl methyl sites for hydroxylation is 1. The van der Waals surface area contributed by atoms with E-state index in [0.29, 0.717) is 25.8 Å². The maximum Gasteiger partial charge on any atom is 0.318 e. The summed E-state index contributed by atoms with van der Waals surface area (Å²) >= 11 is 0. The molecule has 0 aliphatic carbocycles. The molecule has 148 valence electrons. The van der Waals surface area contributed by atoms with Crippen molar-refractivity contribution in [3.63, 3.8) is 0 Å². The first-order chi connectivity index (χ1) is 13.6. The van der Waals surface area contributed by atoms with Crippen LogP contribution in [0.5, 0.6) is 5.75 Å². The van der Waals surface area contributed by atoms with Gasteiger partial charge in [-0.1, -0.05) is 19.1 Å². The summed E-state index contributed by atoms with van der Waals surface area (Å²) in [7, 11) is 1.63. The van der Waals surface area contributed by atoms with Crippen LogP contribution in [0, 0.1) is 0 Å². The van der Waals surface area contributed by atoms with Gasteiger partial charge in [-0.25, -0.2) is 9.78 Å². The molecule has 1 aromatic heterocycles. The van der Waals surface area contributed by atoms with Gasteiger partial charge in [0, 0.05) is 43.5 Å². The topological polar surface area (TPSA) is 87.3 Å². The molecule has 1 aromatic carbocycles. The van der Waals surface area contributed by atoms with Crippen molar-refractivity contribution in [2.75, 3.05) is 7.11 Å². The van der Waals surface area contributed by atoms with Gasteiger partial charge in [0.05, 0.1) is 12.8 Å². The van der Waals surface area contributed by atoms with E-state index in [1.165, 1.54) is 0 Å². The Morgan fingerprint density at radius 3 is 2.86 bits per heavy atom. The van der Waals surface area contributed by atoms with Crippen LogP contribution >= 0.6 is 0 Å². The Labute approximate surface area is 164 Å². The number of urea groups is 1. The van der Waals surface area contributed by atoms with E-state index in [-0.39, 0.29) is 23.7 Å². The Balaban J connectivity index is 1.50. The summed E-state index contributed by atoms with van der Waals surface area (Å²) in [6.45, 7) is 2.42. The zero-order valence-electron chi connectivity index (χ0n) is 16.3. The van der Waals surface area contributed by atoms with E-state index in [0.717, 1.165) is 41.2 Å². The van der Waals surface area contributed by atoms with Gasteiger partial charge >= 0.3 is 6.03 Å². The van der Waals surface area contributed by atoms with E-state index < -0.39 is 0 Å². The fraction of sp³-hybridized carbons (Fsp3) is 0.476. The molecule has 3 heterocycles. The third kappa shape index (κ3) is 3.48. The van der Waals surface area contributed by atoms with Crippen molar-refractivity contribution in [1.82, 2.24) is 20.2 Å². The van der Waals surface area contributed by atoms with Gasteiger partial charge in [0.2, 0.25) is 0 Å². The van der Waals surface area contributed by atoms with Crippen LogP contribution < -0.4 is 15.6 Å². The van der Waals surface area contributed by atoms with Gasteiger partial charge in [-0.15, -0.1) is 0 Å². The number of nitrogens with zero attached hydrogens (tertiary/aromatic N) is 2. The molecular weight excluding hydrogens is 356 g/mol. The van der Waals surface area contributed by atoms with E-state index >= 15 is 0 Å². The third-order valence-electron chi connectivity index (χ3n) is 5.79. The molecule has 0 unspecified atom stereocenters. The quantitative estimate of drug-likeness (QED) is 0.849. The molecular formula is C21H26N4O3. The lowest BCUT2D eigenvalue weighted by Gasteiger charge is -2.28. The number of carbonyl (C=O) groups is 1. The second-order valence-electron chi connectivity index (χ2n) is 7.50. The summed E-state index contributed by atoms with van der Waals surface area (Å²) in [5.41, 5.74) is 2.54. The smallest absolute Gasteiger partial charge is 0.318 e. The van der Waals surface area contributed by atoms with Crippen LogP contribution in [0.15, 0.2) is 29.1 Å². The van der Waals surface area contributed by atoms with Gasteiger partial charge in [0.25, 0.3) is 5.56 Å². The third-order valence-corrected chi connectivity index (χ3v) is 5.79. The van der Waals surface area contributed by atoms with Crippen molar-refractivity contribution in [2.24, 2.45) is 0 Å². The first kappa shape index (κ1) is 18.5. The van der Waals surface area contributed by atoms with Gasteiger partial charge in [0.1, 0.15) is 11.6 Å². The fourth-order valence-electron chi connectivity index (χ4n) is 4.35. The maximum atomic E-state index is 13.0. The lowest BCUT2D eigenvalue weighted by Crippen LogP contribution is -2.47. The van der Waals surface area contributed by atoms with Crippen LogP contribution in [-0.4, -0.2) is 40.1 Å². The highest BCUT2D eigenvalue weighted by Gasteiger charge is 2.40. The number of fused-ring (bicyclic) bond motifs is 3. The predicted octanol–water partition coefficient (Wildman–Crippen LogP) is 2.18. The molecule has 4 rings (SSSR count). The lowest BCUT2D eigenvalue weighted by molar-refractivity contribution is 0.173. The number of ether oxygens (including phenoxy) is 1. The van der Waals surface area contributed by atoms with Gasteiger partial charge in [-0.2, -0.15) is 0 Å². The number of aromatic amines is 1. The highest BCUT2D eigenvalue weighted by atomic mass is 16.5. The second-order valence-corrected chi connectivity index (χ2v) is 7.50. The Bertz CT molecular complexity index is 939. The van der Waals surface area contributed by atoms with Gasteiger partial charge in [-0.3, -0.25) is 4.79 Å². The number of aromatic nitrogens is 2. The molecule has 1 saturated heterocycles. The molecule has 0 saturated carbocycles. The minimum atomic E-state index is -0.0738. The van der Waals surface area contributed by atoms with Crippen LogP contribution in [0.1, 0.15) is 42.4 Å². The van der Waals surface area contributed by atoms with Crippen molar-refractivity contribution < 1.29 is 9.53 Å². The van der Waals surface area contributed by atoms with Crippen LogP contribution in [-0.2, 0) is 25.8 Å². The average molecular weight is 382 g/mol. The summed E-state index contributed by atoms with van der Waals surface area (Å²) < 4.78 is 5.24. The largest absolute Gasteiger partial charge is 0.497 e. The van der Waals surface area contributed by atoms with E-state index in [1.807, 2.05) is 36.1 Å². The Morgan fingerprint density at radius 2 is 2.11 bits per heavy atom. The lowest BCUT2D eigenvalue weighted by atomic mass is 9.98. The van der Waals surface area contributed by atoms with Crippen LogP contribution in [0.2, 0.25) is 0 Å². The molecule has 2 aliphatic heterocycles. The maximum absolute atomic E-state index is 13.0. The summed E-state index contributed by atoms with van der Waals surface area (Å²) in [5, 5.41) is 3.04. The minimum absolute atomic E-state index is 0.0481. The molecule has 2 atom stereocenters. The van der Waals surface area contributed by atoms with E-state index in [2.05, 4.69) is 15.3 Å². The molecule has 7 nitrogen and oxygen atoms in total. The summed E-state index contributed by atoms with van der Waals surface area (Å²) in [6.07, 6.45) is 3.79. The standard InChI is InChI=1S/C21H26N4O3/c1-3-19-23-18-11-15-8-7-14(10-17(18)20(26)24-19)25(15)21(27)22-12-13-5-4-6-16(9-13)28-2/h4-6,9,14-15H,3,7-8,10-12H2,1-2H3,(H,22,27)(H,23,24,26)/t14-,15+/m1/s1. The summed E-state index contributed by atoms with van der Waals surface area (Å²) in [4.78, 5) is 34.9. The molecule has 0 spiro atoms. The van der Waals surface area contributed by atoms with Crippen LogP contribution in [0.4, 0.5) is 4.79 Å². The number of rotatable bonds is 4. The monoisotopic (exact) mass is 382 g/mol. The number of benzene rings is 1. The van der Waals surface area contributed by atoms with Crippen molar-refractivity contribution in [3.8, 4) is 5.75 Å². The Kier molecular flexibility index (Phi) is 5.07. The highest BCUT2D eigenvalue weighted by Crippen LogP contribution is 2.32. The molecule has 1 fully saturated rings. The molecule has 2 N–H and O–H groups in total. The SMILES string of the molecule is CCc1nc2c(c(=O)[nH]1)C[C@H]1CC[C@@H](C2)N1C(=O)NCc1cccc(OC)c1. The van der Waals surface area contributed by atoms with E-state index in [9.17, 15) is 9.59 Å². The number of H-pyrrole nitrogens is 1. The Hall–Kier alpha value is -2.83. The molecule has 2 aromatic rings. The van der Waals surface area contributed by atoms with Gasteiger partial charge in [-0.05, 0) is 30.5 Å². The van der Waals surface area contributed by atoms with Crippen molar-refractivity contribution in [2.45, 2.75) is 57.7 Å². The Morgan fingerprint density at radius 1 is 1.32 bits per heavy atom. The number of nitrogens with one attached hydrogen (secondary N) is 2. The van der Waals surface area contributed by atoms with Crippen LogP contribution in [0.25, 0.3) is 0 Å². The zero-order valence-corrected chi connectivity index (χ0v) is 16.3. The van der Waals surface area contributed by atoms with Crippen molar-refractivity contribution in [1.29, 1.82) is 0 Å². The normalized spacial score (nSPS) is 20.4. The van der Waals surface area contributed by atoms with E-state index in [4.69, 9.17) is 4.74 Å². The van der Waals surface area contributed by atoms with Crippen molar-refractivity contribution >= 4 is 6.03 Å². The van der Waals surface area contributed by atoms with Crippen LogP contribution in [0.3, 0.4) is 0 Å². The highest BCUT2D eigenvalue weighted by molar-refractivity contribution is 5.75. The fourth-order valence-corrected chi connectivity index (χ4v) is 4.35. The molecule has 28 heavy (non-hydrogen) atoms. The number of hydrogen-bond donors (Lipinski definition) is 2. The number of carbonyl (C=O) groups excluding carboxylic acids is 1.